The minimum Gasteiger partial charge on any atom is -0.326 e. The number of benzene rings is 1. The minimum atomic E-state index is -4.65. The lowest BCUT2D eigenvalue weighted by molar-refractivity contribution is -0.120. The van der Waals surface area contributed by atoms with Gasteiger partial charge in [0.05, 0.1) is 4.90 Å². The molecule has 124 valence electrons. The fourth-order valence-electron chi connectivity index (χ4n) is 2.18. The Morgan fingerprint density at radius 1 is 1.27 bits per heavy atom. The lowest BCUT2D eigenvalue weighted by Gasteiger charge is -2.21. The van der Waals surface area contributed by atoms with Crippen LogP contribution in [0.1, 0.15) is 12.8 Å². The summed E-state index contributed by atoms with van der Waals surface area (Å²) < 4.78 is 47.8. The van der Waals surface area contributed by atoms with E-state index in [-0.39, 0.29) is 29.9 Å². The average Bonchev–Trinajstić information content (AvgIpc) is 2.48. The molecule has 5 nitrogen and oxygen atoms in total. The van der Waals surface area contributed by atoms with Gasteiger partial charge in [0.1, 0.15) is 0 Å². The van der Waals surface area contributed by atoms with Crippen molar-refractivity contribution in [3.8, 4) is 0 Å². The highest BCUT2D eigenvalue weighted by atomic mass is 35.5. The molecule has 1 aromatic carbocycles. The molecule has 1 amide bonds. The molecule has 2 N–H and O–H groups in total. The molecule has 0 bridgehead atoms. The van der Waals surface area contributed by atoms with Crippen molar-refractivity contribution in [2.24, 2.45) is 5.92 Å². The van der Waals surface area contributed by atoms with Crippen molar-refractivity contribution in [2.45, 2.75) is 23.5 Å². The third kappa shape index (κ3) is 4.37. The first-order valence-electron chi connectivity index (χ1n) is 6.55. The van der Waals surface area contributed by atoms with E-state index in [0.29, 0.717) is 12.8 Å². The summed E-state index contributed by atoms with van der Waals surface area (Å²) in [6.07, 6.45) is 1.39. The van der Waals surface area contributed by atoms with Crippen LogP contribution in [0.5, 0.6) is 0 Å². The SMILES string of the molecule is Cl.O=C(Nc1cccc(S(=O)(=O)C(F)F)c1)C1CCNCC1. The van der Waals surface area contributed by atoms with E-state index in [2.05, 4.69) is 10.6 Å². The van der Waals surface area contributed by atoms with E-state index in [1.807, 2.05) is 0 Å². The van der Waals surface area contributed by atoms with Gasteiger partial charge in [-0.1, -0.05) is 6.07 Å². The van der Waals surface area contributed by atoms with Crippen LogP contribution >= 0.6 is 12.4 Å². The van der Waals surface area contributed by atoms with Crippen molar-refractivity contribution in [1.29, 1.82) is 0 Å². The molecule has 1 fully saturated rings. The second kappa shape index (κ2) is 7.85. The Bertz CT molecular complexity index is 619. The summed E-state index contributed by atoms with van der Waals surface area (Å²) in [5, 5.41) is 5.72. The van der Waals surface area contributed by atoms with Gasteiger partial charge in [-0.3, -0.25) is 4.79 Å². The topological polar surface area (TPSA) is 75.3 Å². The van der Waals surface area contributed by atoms with Crippen LogP contribution in [0.3, 0.4) is 0 Å². The molecule has 9 heteroatoms. The Hall–Kier alpha value is -1.25. The Morgan fingerprint density at radius 2 is 1.91 bits per heavy atom. The van der Waals surface area contributed by atoms with Crippen molar-refractivity contribution in [1.82, 2.24) is 5.32 Å². The average molecular weight is 355 g/mol. The zero-order valence-corrected chi connectivity index (χ0v) is 13.2. The molecule has 1 aromatic rings. The number of piperidine rings is 1. The summed E-state index contributed by atoms with van der Waals surface area (Å²) in [4.78, 5) is 11.5. The van der Waals surface area contributed by atoms with Crippen molar-refractivity contribution in [3.05, 3.63) is 24.3 Å². The third-order valence-electron chi connectivity index (χ3n) is 3.37. The van der Waals surface area contributed by atoms with E-state index in [1.54, 1.807) is 0 Å². The number of hydrogen-bond donors (Lipinski definition) is 2. The zero-order chi connectivity index (χ0) is 15.5. The van der Waals surface area contributed by atoms with Gasteiger partial charge in [0.2, 0.25) is 15.7 Å². The molecule has 1 saturated heterocycles. The van der Waals surface area contributed by atoms with Gasteiger partial charge in [0.25, 0.3) is 0 Å². The first kappa shape index (κ1) is 18.8. The molecule has 2 rings (SSSR count). The quantitative estimate of drug-likeness (QED) is 0.867. The van der Waals surface area contributed by atoms with Crippen molar-refractivity contribution in [3.63, 3.8) is 0 Å². The molecule has 0 spiro atoms. The molecule has 1 aliphatic rings. The fraction of sp³-hybridized carbons (Fsp3) is 0.462. The van der Waals surface area contributed by atoms with Gasteiger partial charge in [-0.05, 0) is 44.1 Å². The number of halogens is 3. The van der Waals surface area contributed by atoms with Crippen molar-refractivity contribution in [2.75, 3.05) is 18.4 Å². The lowest BCUT2D eigenvalue weighted by Crippen LogP contribution is -2.34. The molecular weight excluding hydrogens is 338 g/mol. The molecule has 1 aliphatic heterocycles. The summed E-state index contributed by atoms with van der Waals surface area (Å²) >= 11 is 0. The molecule has 1 heterocycles. The maximum atomic E-state index is 12.5. The minimum absolute atomic E-state index is 0. The molecule has 0 unspecified atom stereocenters. The Kier molecular flexibility index (Phi) is 6.70. The van der Waals surface area contributed by atoms with E-state index in [9.17, 15) is 22.0 Å². The van der Waals surface area contributed by atoms with Crippen LogP contribution < -0.4 is 10.6 Å². The van der Waals surface area contributed by atoms with E-state index >= 15 is 0 Å². The highest BCUT2D eigenvalue weighted by molar-refractivity contribution is 7.91. The molecule has 0 atom stereocenters. The number of rotatable bonds is 4. The van der Waals surface area contributed by atoms with Gasteiger partial charge < -0.3 is 10.6 Å². The maximum Gasteiger partial charge on any atom is 0.341 e. The van der Waals surface area contributed by atoms with Crippen LogP contribution in [0.2, 0.25) is 0 Å². The molecular formula is C13H17ClF2N2O3S. The number of carbonyl (C=O) groups is 1. The van der Waals surface area contributed by atoms with E-state index < -0.39 is 20.5 Å². The van der Waals surface area contributed by atoms with Gasteiger partial charge in [-0.25, -0.2) is 8.42 Å². The van der Waals surface area contributed by atoms with Gasteiger partial charge in [-0.15, -0.1) is 12.4 Å². The van der Waals surface area contributed by atoms with Crippen molar-refractivity contribution >= 4 is 33.8 Å². The summed E-state index contributed by atoms with van der Waals surface area (Å²) in [5.41, 5.74) is 0.209. The Morgan fingerprint density at radius 3 is 2.50 bits per heavy atom. The monoisotopic (exact) mass is 354 g/mol. The largest absolute Gasteiger partial charge is 0.341 e. The first-order chi connectivity index (χ1) is 9.91. The number of anilines is 1. The number of hydrogen-bond acceptors (Lipinski definition) is 4. The van der Waals surface area contributed by atoms with Crippen LogP contribution in [0, 0.1) is 5.92 Å². The van der Waals surface area contributed by atoms with Gasteiger partial charge in [-0.2, -0.15) is 8.78 Å². The number of amides is 1. The van der Waals surface area contributed by atoms with Crippen LogP contribution in [-0.4, -0.2) is 33.2 Å². The van der Waals surface area contributed by atoms with E-state index in [1.165, 1.54) is 12.1 Å². The molecule has 0 aromatic heterocycles. The maximum absolute atomic E-state index is 12.5. The highest BCUT2D eigenvalue weighted by Crippen LogP contribution is 2.22. The van der Waals surface area contributed by atoms with Gasteiger partial charge >= 0.3 is 5.76 Å². The Balaban J connectivity index is 0.00000242. The summed E-state index contributed by atoms with van der Waals surface area (Å²) in [6.45, 7) is 1.50. The number of alkyl halides is 2. The molecule has 0 aliphatic carbocycles. The zero-order valence-electron chi connectivity index (χ0n) is 11.6. The van der Waals surface area contributed by atoms with Gasteiger partial charge in [0.15, 0.2) is 0 Å². The Labute approximate surface area is 133 Å². The molecule has 0 radical (unpaired) electrons. The second-order valence-corrected chi connectivity index (χ2v) is 6.76. The van der Waals surface area contributed by atoms with E-state index in [0.717, 1.165) is 25.2 Å². The van der Waals surface area contributed by atoms with E-state index in [4.69, 9.17) is 0 Å². The van der Waals surface area contributed by atoms with Gasteiger partial charge in [0, 0.05) is 11.6 Å². The second-order valence-electron chi connectivity index (χ2n) is 4.85. The normalized spacial score (nSPS) is 16.1. The number of nitrogens with one attached hydrogen (secondary N) is 2. The summed E-state index contributed by atoms with van der Waals surface area (Å²) in [6, 6.07) is 4.94. The standard InChI is InChI=1S/C13H16F2N2O3S.ClH/c14-13(15)21(19,20)11-3-1-2-10(8-11)17-12(18)9-4-6-16-7-5-9;/h1-3,8-9,13,16H,4-7H2,(H,17,18);1H. The molecule has 22 heavy (non-hydrogen) atoms. The van der Waals surface area contributed by atoms with Crippen LogP contribution in [-0.2, 0) is 14.6 Å². The lowest BCUT2D eigenvalue weighted by atomic mass is 9.97. The van der Waals surface area contributed by atoms with Crippen LogP contribution in [0.25, 0.3) is 0 Å². The number of sulfone groups is 1. The fourth-order valence-corrected chi connectivity index (χ4v) is 2.95. The smallest absolute Gasteiger partial charge is 0.326 e. The first-order valence-corrected chi connectivity index (χ1v) is 8.09. The predicted octanol–water partition coefficient (Wildman–Crippen LogP) is 2.04. The highest BCUT2D eigenvalue weighted by Gasteiger charge is 2.27. The predicted molar refractivity (Wildman–Crippen MR) is 81.1 cm³/mol. The summed E-state index contributed by atoms with van der Waals surface area (Å²) in [5.74, 6) is -3.85. The summed E-state index contributed by atoms with van der Waals surface area (Å²) in [7, 11) is -4.65. The third-order valence-corrected chi connectivity index (χ3v) is 4.75. The molecule has 0 saturated carbocycles. The van der Waals surface area contributed by atoms with Crippen LogP contribution in [0.4, 0.5) is 14.5 Å². The van der Waals surface area contributed by atoms with Crippen molar-refractivity contribution < 1.29 is 22.0 Å². The van der Waals surface area contributed by atoms with Crippen LogP contribution in [0.15, 0.2) is 29.2 Å². The number of carbonyl (C=O) groups excluding carboxylic acids is 1.